The molecule has 0 fully saturated rings. The zero-order valence-electron chi connectivity index (χ0n) is 9.85. The summed E-state index contributed by atoms with van der Waals surface area (Å²) >= 11 is 0. The molecule has 90 valence electrons. The molecule has 0 saturated carbocycles. The van der Waals surface area contributed by atoms with Gasteiger partial charge in [-0.2, -0.15) is 10.2 Å². The van der Waals surface area contributed by atoms with E-state index in [1.54, 1.807) is 15.7 Å². The number of hydrogen-bond donors (Lipinski definition) is 1. The molecular weight excluding hydrogens is 228 g/mol. The second-order valence-electron chi connectivity index (χ2n) is 3.96. The lowest BCUT2D eigenvalue weighted by atomic mass is 10.1. The Balaban J connectivity index is 1.96. The van der Waals surface area contributed by atoms with E-state index in [1.165, 1.54) is 6.33 Å². The minimum absolute atomic E-state index is 0.644. The fraction of sp³-hybridized carbons (Fsp3) is 0.0833. The highest BCUT2D eigenvalue weighted by atomic mass is 15.3. The summed E-state index contributed by atoms with van der Waals surface area (Å²) in [5.41, 5.74) is 8.60. The van der Waals surface area contributed by atoms with E-state index in [9.17, 15) is 0 Å². The van der Waals surface area contributed by atoms with Crippen molar-refractivity contribution in [2.45, 2.75) is 0 Å². The van der Waals surface area contributed by atoms with Crippen molar-refractivity contribution < 1.29 is 0 Å². The third kappa shape index (κ3) is 1.73. The van der Waals surface area contributed by atoms with Crippen LogP contribution in [0.3, 0.4) is 0 Å². The number of nitrogen functional groups attached to an aromatic ring is 1. The SMILES string of the molecule is Cn1nc(-c2ccc(-n3cncn3)cc2)cc1N. The zero-order valence-corrected chi connectivity index (χ0v) is 9.85. The molecule has 18 heavy (non-hydrogen) atoms. The minimum atomic E-state index is 0.644. The van der Waals surface area contributed by atoms with Crippen molar-refractivity contribution >= 4 is 5.82 Å². The molecule has 1 aromatic carbocycles. The third-order valence-electron chi connectivity index (χ3n) is 2.76. The van der Waals surface area contributed by atoms with E-state index in [0.29, 0.717) is 5.82 Å². The first-order valence-electron chi connectivity index (χ1n) is 5.49. The van der Waals surface area contributed by atoms with Gasteiger partial charge in [0.15, 0.2) is 0 Å². The lowest BCUT2D eigenvalue weighted by Gasteiger charge is -2.01. The van der Waals surface area contributed by atoms with Gasteiger partial charge in [0.25, 0.3) is 0 Å². The Labute approximate surface area is 104 Å². The van der Waals surface area contributed by atoms with E-state index < -0.39 is 0 Å². The Hall–Kier alpha value is -2.63. The van der Waals surface area contributed by atoms with Gasteiger partial charge >= 0.3 is 0 Å². The number of aromatic nitrogens is 5. The van der Waals surface area contributed by atoms with Crippen LogP contribution in [0.25, 0.3) is 16.9 Å². The standard InChI is InChI=1S/C12H12N6/c1-17-12(13)6-11(16-17)9-2-4-10(5-3-9)18-8-14-7-15-18/h2-8H,13H2,1H3. The van der Waals surface area contributed by atoms with E-state index in [0.717, 1.165) is 16.9 Å². The fourth-order valence-corrected chi connectivity index (χ4v) is 1.75. The lowest BCUT2D eigenvalue weighted by molar-refractivity contribution is 0.782. The van der Waals surface area contributed by atoms with Crippen LogP contribution in [-0.4, -0.2) is 24.5 Å². The molecule has 0 aliphatic carbocycles. The Morgan fingerprint density at radius 3 is 2.50 bits per heavy atom. The highest BCUT2D eigenvalue weighted by Crippen LogP contribution is 2.21. The van der Waals surface area contributed by atoms with E-state index in [1.807, 2.05) is 37.4 Å². The van der Waals surface area contributed by atoms with Crippen molar-refractivity contribution in [1.29, 1.82) is 0 Å². The smallest absolute Gasteiger partial charge is 0.138 e. The van der Waals surface area contributed by atoms with Crippen LogP contribution in [-0.2, 0) is 7.05 Å². The molecule has 3 rings (SSSR count). The number of hydrogen-bond acceptors (Lipinski definition) is 4. The van der Waals surface area contributed by atoms with Crippen LogP contribution in [0.4, 0.5) is 5.82 Å². The van der Waals surface area contributed by atoms with Crippen molar-refractivity contribution in [2.75, 3.05) is 5.73 Å². The number of benzene rings is 1. The van der Waals surface area contributed by atoms with Gasteiger partial charge in [0, 0.05) is 18.7 Å². The summed E-state index contributed by atoms with van der Waals surface area (Å²) in [5, 5.41) is 8.40. The highest BCUT2D eigenvalue weighted by Gasteiger charge is 2.05. The Kier molecular flexibility index (Phi) is 2.33. The van der Waals surface area contributed by atoms with Gasteiger partial charge in [0.1, 0.15) is 18.5 Å². The summed E-state index contributed by atoms with van der Waals surface area (Å²) in [6.45, 7) is 0. The molecule has 0 bridgehead atoms. The molecule has 2 N–H and O–H groups in total. The maximum absolute atomic E-state index is 5.76. The van der Waals surface area contributed by atoms with Crippen molar-refractivity contribution in [2.24, 2.45) is 7.05 Å². The number of nitrogens with zero attached hydrogens (tertiary/aromatic N) is 5. The van der Waals surface area contributed by atoms with Gasteiger partial charge in [0.2, 0.25) is 0 Å². The summed E-state index contributed by atoms with van der Waals surface area (Å²) in [4.78, 5) is 3.91. The molecule has 0 spiro atoms. The molecule has 0 radical (unpaired) electrons. The Morgan fingerprint density at radius 2 is 1.94 bits per heavy atom. The molecular formula is C12H12N6. The predicted octanol–water partition coefficient (Wildman–Crippen LogP) is 1.25. The first-order valence-corrected chi connectivity index (χ1v) is 5.49. The van der Waals surface area contributed by atoms with Crippen LogP contribution in [0.15, 0.2) is 43.0 Å². The maximum Gasteiger partial charge on any atom is 0.138 e. The van der Waals surface area contributed by atoms with Crippen molar-refractivity contribution in [3.05, 3.63) is 43.0 Å². The van der Waals surface area contributed by atoms with Crippen molar-refractivity contribution in [3.8, 4) is 16.9 Å². The molecule has 3 aromatic rings. The zero-order chi connectivity index (χ0) is 12.5. The maximum atomic E-state index is 5.76. The van der Waals surface area contributed by atoms with Crippen LogP contribution < -0.4 is 5.73 Å². The number of aryl methyl sites for hydroxylation is 1. The van der Waals surface area contributed by atoms with Gasteiger partial charge in [-0.3, -0.25) is 4.68 Å². The van der Waals surface area contributed by atoms with Crippen LogP contribution in [0.5, 0.6) is 0 Å². The normalized spacial score (nSPS) is 10.7. The van der Waals surface area contributed by atoms with Crippen LogP contribution in [0, 0.1) is 0 Å². The average Bonchev–Trinajstić information content (AvgIpc) is 3.01. The number of nitrogens with two attached hydrogens (primary N) is 1. The first kappa shape index (κ1) is 10.5. The van der Waals surface area contributed by atoms with E-state index >= 15 is 0 Å². The predicted molar refractivity (Wildman–Crippen MR) is 68.0 cm³/mol. The summed E-state index contributed by atoms with van der Waals surface area (Å²) in [5.74, 6) is 0.644. The minimum Gasteiger partial charge on any atom is -0.384 e. The number of anilines is 1. The molecule has 6 heteroatoms. The molecule has 0 aliphatic rings. The van der Waals surface area contributed by atoms with Crippen LogP contribution in [0.1, 0.15) is 0 Å². The fourth-order valence-electron chi connectivity index (χ4n) is 1.75. The molecule has 0 unspecified atom stereocenters. The topological polar surface area (TPSA) is 74.5 Å². The molecule has 0 aliphatic heterocycles. The summed E-state index contributed by atoms with van der Waals surface area (Å²) < 4.78 is 3.36. The van der Waals surface area contributed by atoms with Crippen molar-refractivity contribution in [3.63, 3.8) is 0 Å². The second-order valence-corrected chi connectivity index (χ2v) is 3.96. The molecule has 6 nitrogen and oxygen atoms in total. The molecule has 0 atom stereocenters. The summed E-state index contributed by atoms with van der Waals surface area (Å²) in [6, 6.07) is 9.76. The van der Waals surface area contributed by atoms with Gasteiger partial charge < -0.3 is 5.73 Å². The molecule has 0 amide bonds. The Bertz CT molecular complexity index is 631. The van der Waals surface area contributed by atoms with Gasteiger partial charge in [-0.15, -0.1) is 0 Å². The molecule has 0 saturated heterocycles. The summed E-state index contributed by atoms with van der Waals surface area (Å²) in [7, 11) is 1.82. The quantitative estimate of drug-likeness (QED) is 0.731. The summed E-state index contributed by atoms with van der Waals surface area (Å²) in [6.07, 6.45) is 3.17. The Morgan fingerprint density at radius 1 is 1.17 bits per heavy atom. The monoisotopic (exact) mass is 240 g/mol. The van der Waals surface area contributed by atoms with Crippen LogP contribution in [0.2, 0.25) is 0 Å². The van der Waals surface area contributed by atoms with Gasteiger partial charge in [-0.1, -0.05) is 12.1 Å². The van der Waals surface area contributed by atoms with E-state index in [2.05, 4.69) is 15.2 Å². The first-order chi connectivity index (χ1) is 8.74. The largest absolute Gasteiger partial charge is 0.384 e. The molecule has 2 aromatic heterocycles. The van der Waals surface area contributed by atoms with Gasteiger partial charge in [-0.25, -0.2) is 9.67 Å². The van der Waals surface area contributed by atoms with Crippen molar-refractivity contribution in [1.82, 2.24) is 24.5 Å². The van der Waals surface area contributed by atoms with Crippen LogP contribution >= 0.6 is 0 Å². The molecule has 2 heterocycles. The highest BCUT2D eigenvalue weighted by molar-refractivity contribution is 5.63. The number of rotatable bonds is 2. The van der Waals surface area contributed by atoms with E-state index in [4.69, 9.17) is 5.73 Å². The lowest BCUT2D eigenvalue weighted by Crippen LogP contribution is -1.96. The van der Waals surface area contributed by atoms with Gasteiger partial charge in [0.05, 0.1) is 11.4 Å². The average molecular weight is 240 g/mol. The second kappa shape index (κ2) is 3.99. The third-order valence-corrected chi connectivity index (χ3v) is 2.76. The van der Waals surface area contributed by atoms with E-state index in [-0.39, 0.29) is 0 Å². The van der Waals surface area contributed by atoms with Gasteiger partial charge in [-0.05, 0) is 12.1 Å².